The smallest absolute Gasteiger partial charge is 0.224 e. The Balaban J connectivity index is 1.61. The Hall–Kier alpha value is -1.55. The maximum Gasteiger partial charge on any atom is 0.224 e. The summed E-state index contributed by atoms with van der Waals surface area (Å²) in [5, 5.41) is 2.90. The number of hydrogen-bond acceptors (Lipinski definition) is 3. The third-order valence-electron chi connectivity index (χ3n) is 4.13. The molecule has 0 aliphatic heterocycles. The molecule has 2 unspecified atom stereocenters. The van der Waals surface area contributed by atoms with Gasteiger partial charge in [-0.1, -0.05) is 31.9 Å². The van der Waals surface area contributed by atoms with Crippen LogP contribution in [-0.4, -0.2) is 25.2 Å². The van der Waals surface area contributed by atoms with E-state index < -0.39 is 0 Å². The molecule has 0 saturated heterocycles. The SMILES string of the molecule is CC1CCCCC1OCCNC(=O)Cc1ccc(N)cc1. The van der Waals surface area contributed by atoms with Crippen LogP contribution < -0.4 is 11.1 Å². The second-order valence-corrected chi connectivity index (χ2v) is 5.94. The first kappa shape index (κ1) is 15.8. The summed E-state index contributed by atoms with van der Waals surface area (Å²) in [5.41, 5.74) is 7.31. The van der Waals surface area contributed by atoms with Gasteiger partial charge >= 0.3 is 0 Å². The monoisotopic (exact) mass is 290 g/mol. The molecule has 116 valence electrons. The Morgan fingerprint density at radius 1 is 1.29 bits per heavy atom. The van der Waals surface area contributed by atoms with Crippen molar-refractivity contribution < 1.29 is 9.53 Å². The van der Waals surface area contributed by atoms with Crippen LogP contribution in [0.1, 0.15) is 38.2 Å². The zero-order valence-corrected chi connectivity index (χ0v) is 12.8. The number of carbonyl (C=O) groups is 1. The van der Waals surface area contributed by atoms with Gasteiger partial charge in [-0.15, -0.1) is 0 Å². The molecule has 2 atom stereocenters. The number of ether oxygens (including phenoxy) is 1. The molecule has 2 rings (SSSR count). The van der Waals surface area contributed by atoms with Crippen molar-refractivity contribution in [1.82, 2.24) is 5.32 Å². The van der Waals surface area contributed by atoms with E-state index >= 15 is 0 Å². The Labute approximate surface area is 127 Å². The van der Waals surface area contributed by atoms with Crippen LogP contribution in [0.3, 0.4) is 0 Å². The molecule has 1 aromatic carbocycles. The van der Waals surface area contributed by atoms with Crippen molar-refractivity contribution in [3.63, 3.8) is 0 Å². The van der Waals surface area contributed by atoms with Crippen molar-refractivity contribution in [2.45, 2.75) is 45.1 Å². The number of nitrogens with two attached hydrogens (primary N) is 1. The third kappa shape index (κ3) is 5.38. The summed E-state index contributed by atoms with van der Waals surface area (Å²) in [7, 11) is 0. The normalized spacial score (nSPS) is 22.0. The minimum atomic E-state index is 0.0278. The first-order chi connectivity index (χ1) is 10.1. The second kappa shape index (κ2) is 8.03. The topological polar surface area (TPSA) is 64.3 Å². The first-order valence-electron chi connectivity index (χ1n) is 7.88. The highest BCUT2D eigenvalue weighted by Crippen LogP contribution is 2.25. The quantitative estimate of drug-likeness (QED) is 0.625. The van der Waals surface area contributed by atoms with Gasteiger partial charge in [0.2, 0.25) is 5.91 Å². The summed E-state index contributed by atoms with van der Waals surface area (Å²) in [6.07, 6.45) is 5.75. The molecular weight excluding hydrogens is 264 g/mol. The van der Waals surface area contributed by atoms with E-state index in [1.54, 1.807) is 0 Å². The molecule has 0 heterocycles. The van der Waals surface area contributed by atoms with Gasteiger partial charge in [0.15, 0.2) is 0 Å². The fourth-order valence-corrected chi connectivity index (χ4v) is 2.81. The number of amides is 1. The fourth-order valence-electron chi connectivity index (χ4n) is 2.81. The van der Waals surface area contributed by atoms with E-state index in [4.69, 9.17) is 10.5 Å². The van der Waals surface area contributed by atoms with Gasteiger partial charge in [0.05, 0.1) is 19.1 Å². The van der Waals surface area contributed by atoms with E-state index in [0.717, 1.165) is 12.0 Å². The van der Waals surface area contributed by atoms with Gasteiger partial charge in [-0.25, -0.2) is 0 Å². The minimum absolute atomic E-state index is 0.0278. The number of benzene rings is 1. The molecule has 1 aliphatic rings. The van der Waals surface area contributed by atoms with Crippen LogP contribution in [0.25, 0.3) is 0 Å². The standard InChI is InChI=1S/C17H26N2O2/c1-13-4-2-3-5-16(13)21-11-10-19-17(20)12-14-6-8-15(18)9-7-14/h6-9,13,16H,2-5,10-12,18H2,1H3,(H,19,20). The summed E-state index contributed by atoms with van der Waals surface area (Å²) in [4.78, 5) is 11.8. The fraction of sp³-hybridized carbons (Fsp3) is 0.588. The molecule has 4 heteroatoms. The molecule has 1 amide bonds. The van der Waals surface area contributed by atoms with Gasteiger partial charge in [-0.2, -0.15) is 0 Å². The highest BCUT2D eigenvalue weighted by Gasteiger charge is 2.21. The Bertz CT molecular complexity index is 445. The average Bonchev–Trinajstić information content (AvgIpc) is 2.48. The van der Waals surface area contributed by atoms with Crippen molar-refractivity contribution in [3.8, 4) is 0 Å². The van der Waals surface area contributed by atoms with Gasteiger partial charge in [0.25, 0.3) is 0 Å². The lowest BCUT2D eigenvalue weighted by atomic mass is 9.88. The number of rotatable bonds is 6. The molecule has 21 heavy (non-hydrogen) atoms. The van der Waals surface area contributed by atoms with E-state index in [0.29, 0.717) is 37.3 Å². The molecule has 1 saturated carbocycles. The largest absolute Gasteiger partial charge is 0.399 e. The molecule has 1 fully saturated rings. The number of hydrogen-bond donors (Lipinski definition) is 2. The number of carbonyl (C=O) groups excluding carboxylic acids is 1. The van der Waals surface area contributed by atoms with Crippen molar-refractivity contribution in [2.75, 3.05) is 18.9 Å². The summed E-state index contributed by atoms with van der Waals surface area (Å²) in [6, 6.07) is 7.40. The second-order valence-electron chi connectivity index (χ2n) is 5.94. The molecule has 0 spiro atoms. The van der Waals surface area contributed by atoms with Gasteiger partial charge in [0.1, 0.15) is 0 Å². The average molecular weight is 290 g/mol. The maximum absolute atomic E-state index is 11.8. The van der Waals surface area contributed by atoms with Gasteiger partial charge in [-0.05, 0) is 36.5 Å². The molecule has 1 aromatic rings. The zero-order valence-electron chi connectivity index (χ0n) is 12.8. The molecular formula is C17H26N2O2. The molecule has 1 aliphatic carbocycles. The van der Waals surface area contributed by atoms with Gasteiger partial charge < -0.3 is 15.8 Å². The Kier molecular flexibility index (Phi) is 6.05. The van der Waals surface area contributed by atoms with E-state index in [1.807, 2.05) is 24.3 Å². The molecule has 0 aromatic heterocycles. The predicted molar refractivity (Wildman–Crippen MR) is 84.9 cm³/mol. The lowest BCUT2D eigenvalue weighted by molar-refractivity contribution is -0.120. The van der Waals surface area contributed by atoms with Crippen LogP contribution in [0.2, 0.25) is 0 Å². The van der Waals surface area contributed by atoms with Crippen molar-refractivity contribution >= 4 is 11.6 Å². The van der Waals surface area contributed by atoms with Crippen LogP contribution in [0.4, 0.5) is 5.69 Å². The number of anilines is 1. The van der Waals surface area contributed by atoms with Gasteiger partial charge in [-0.3, -0.25) is 4.79 Å². The zero-order chi connectivity index (χ0) is 15.1. The van der Waals surface area contributed by atoms with E-state index in [9.17, 15) is 4.79 Å². The number of nitrogen functional groups attached to an aromatic ring is 1. The Morgan fingerprint density at radius 3 is 2.71 bits per heavy atom. The summed E-state index contributed by atoms with van der Waals surface area (Å²) < 4.78 is 5.88. The van der Waals surface area contributed by atoms with Crippen LogP contribution >= 0.6 is 0 Å². The maximum atomic E-state index is 11.8. The number of nitrogens with one attached hydrogen (secondary N) is 1. The predicted octanol–water partition coefficient (Wildman–Crippen LogP) is 2.52. The summed E-state index contributed by atoms with van der Waals surface area (Å²) in [5.74, 6) is 0.671. The van der Waals surface area contributed by atoms with Crippen LogP contribution in [0, 0.1) is 5.92 Å². The molecule has 0 radical (unpaired) electrons. The molecule has 4 nitrogen and oxygen atoms in total. The van der Waals surface area contributed by atoms with E-state index in [1.165, 1.54) is 19.3 Å². The third-order valence-corrected chi connectivity index (χ3v) is 4.13. The summed E-state index contributed by atoms with van der Waals surface area (Å²) >= 11 is 0. The lowest BCUT2D eigenvalue weighted by Gasteiger charge is -2.28. The van der Waals surface area contributed by atoms with Crippen LogP contribution in [0.15, 0.2) is 24.3 Å². The first-order valence-corrected chi connectivity index (χ1v) is 7.88. The van der Waals surface area contributed by atoms with Crippen molar-refractivity contribution in [2.24, 2.45) is 5.92 Å². The van der Waals surface area contributed by atoms with Gasteiger partial charge in [0, 0.05) is 12.2 Å². The van der Waals surface area contributed by atoms with E-state index in [-0.39, 0.29) is 5.91 Å². The lowest BCUT2D eigenvalue weighted by Crippen LogP contribution is -2.32. The minimum Gasteiger partial charge on any atom is -0.399 e. The molecule has 3 N–H and O–H groups in total. The highest BCUT2D eigenvalue weighted by atomic mass is 16.5. The van der Waals surface area contributed by atoms with E-state index in [2.05, 4.69) is 12.2 Å². The highest BCUT2D eigenvalue weighted by molar-refractivity contribution is 5.78. The van der Waals surface area contributed by atoms with Crippen LogP contribution in [-0.2, 0) is 16.0 Å². The van der Waals surface area contributed by atoms with Crippen molar-refractivity contribution in [1.29, 1.82) is 0 Å². The van der Waals surface area contributed by atoms with Crippen molar-refractivity contribution in [3.05, 3.63) is 29.8 Å². The Morgan fingerprint density at radius 2 is 2.00 bits per heavy atom. The van der Waals surface area contributed by atoms with Crippen LogP contribution in [0.5, 0.6) is 0 Å². The summed E-state index contributed by atoms with van der Waals surface area (Å²) in [6.45, 7) is 3.43. The molecule has 0 bridgehead atoms.